The van der Waals surface area contributed by atoms with E-state index < -0.39 is 0 Å². The standard InChI is InChI=1S/C19H20N2O2/c1-14-10-15(2)12-17(11-14)23-9-3-7-21-8-5-16-4-6-20-13-18(16)19(21)22/h4-6,8,10-13H,3,7,9H2,1-2H3. The molecule has 0 aliphatic carbocycles. The van der Waals surface area contributed by atoms with Crippen molar-refractivity contribution in [3.8, 4) is 5.75 Å². The van der Waals surface area contributed by atoms with Gasteiger partial charge in [-0.05, 0) is 61.0 Å². The molecule has 118 valence electrons. The first-order valence-corrected chi connectivity index (χ1v) is 7.78. The third-order valence-corrected chi connectivity index (χ3v) is 3.79. The Balaban J connectivity index is 1.63. The number of hydrogen-bond acceptors (Lipinski definition) is 3. The van der Waals surface area contributed by atoms with E-state index in [0.29, 0.717) is 18.5 Å². The number of ether oxygens (including phenoxy) is 1. The summed E-state index contributed by atoms with van der Waals surface area (Å²) in [6.45, 7) is 5.33. The molecule has 3 rings (SSSR count). The minimum Gasteiger partial charge on any atom is -0.494 e. The van der Waals surface area contributed by atoms with E-state index >= 15 is 0 Å². The van der Waals surface area contributed by atoms with Crippen LogP contribution >= 0.6 is 0 Å². The van der Waals surface area contributed by atoms with Crippen molar-refractivity contribution in [2.24, 2.45) is 0 Å². The zero-order valence-electron chi connectivity index (χ0n) is 13.5. The quantitative estimate of drug-likeness (QED) is 0.678. The zero-order valence-corrected chi connectivity index (χ0v) is 13.5. The van der Waals surface area contributed by atoms with Gasteiger partial charge in [-0.3, -0.25) is 9.78 Å². The molecule has 0 saturated heterocycles. The van der Waals surface area contributed by atoms with Crippen LogP contribution in [-0.2, 0) is 6.54 Å². The maximum atomic E-state index is 12.4. The maximum Gasteiger partial charge on any atom is 0.259 e. The van der Waals surface area contributed by atoms with Crippen LogP contribution in [0.4, 0.5) is 0 Å². The summed E-state index contributed by atoms with van der Waals surface area (Å²) in [5.41, 5.74) is 2.39. The molecule has 0 radical (unpaired) electrons. The van der Waals surface area contributed by atoms with E-state index in [4.69, 9.17) is 4.74 Å². The Kier molecular flexibility index (Phi) is 4.42. The second kappa shape index (κ2) is 6.65. The van der Waals surface area contributed by atoms with Gasteiger partial charge in [0.15, 0.2) is 0 Å². The van der Waals surface area contributed by atoms with Crippen LogP contribution in [0, 0.1) is 13.8 Å². The summed E-state index contributed by atoms with van der Waals surface area (Å²) in [7, 11) is 0. The van der Waals surface area contributed by atoms with Crippen LogP contribution in [-0.4, -0.2) is 16.2 Å². The van der Waals surface area contributed by atoms with E-state index in [9.17, 15) is 4.79 Å². The van der Waals surface area contributed by atoms with E-state index in [0.717, 1.165) is 17.6 Å². The molecule has 23 heavy (non-hydrogen) atoms. The highest BCUT2D eigenvalue weighted by molar-refractivity contribution is 5.80. The molecule has 0 bridgehead atoms. The number of pyridine rings is 2. The summed E-state index contributed by atoms with van der Waals surface area (Å²) in [4.78, 5) is 16.4. The first-order valence-electron chi connectivity index (χ1n) is 7.78. The molecule has 0 saturated carbocycles. The lowest BCUT2D eigenvalue weighted by Crippen LogP contribution is -2.20. The highest BCUT2D eigenvalue weighted by Gasteiger charge is 2.03. The Bertz CT molecular complexity index is 864. The molecule has 0 unspecified atom stereocenters. The van der Waals surface area contributed by atoms with Crippen LogP contribution in [0.25, 0.3) is 10.8 Å². The van der Waals surface area contributed by atoms with Gasteiger partial charge in [-0.1, -0.05) is 6.07 Å². The number of benzene rings is 1. The first-order chi connectivity index (χ1) is 11.1. The third-order valence-electron chi connectivity index (χ3n) is 3.79. The lowest BCUT2D eigenvalue weighted by Gasteiger charge is -2.10. The predicted molar refractivity (Wildman–Crippen MR) is 92.0 cm³/mol. The van der Waals surface area contributed by atoms with E-state index in [1.54, 1.807) is 17.0 Å². The van der Waals surface area contributed by atoms with Crippen molar-refractivity contribution in [2.75, 3.05) is 6.61 Å². The molecule has 1 aromatic carbocycles. The third kappa shape index (κ3) is 3.59. The van der Waals surface area contributed by atoms with Crippen molar-refractivity contribution in [1.29, 1.82) is 0 Å². The molecule has 0 aliphatic rings. The minimum absolute atomic E-state index is 0.00185. The van der Waals surface area contributed by atoms with Crippen molar-refractivity contribution >= 4 is 10.8 Å². The lowest BCUT2D eigenvalue weighted by atomic mass is 10.1. The van der Waals surface area contributed by atoms with Gasteiger partial charge in [0.1, 0.15) is 5.75 Å². The molecule has 0 atom stereocenters. The molecule has 0 amide bonds. The number of aryl methyl sites for hydroxylation is 3. The van der Waals surface area contributed by atoms with Gasteiger partial charge in [-0.15, -0.1) is 0 Å². The zero-order chi connectivity index (χ0) is 16.2. The molecule has 0 aliphatic heterocycles. The summed E-state index contributed by atoms with van der Waals surface area (Å²) in [5.74, 6) is 0.887. The highest BCUT2D eigenvalue weighted by atomic mass is 16.5. The lowest BCUT2D eigenvalue weighted by molar-refractivity contribution is 0.300. The predicted octanol–water partition coefficient (Wildman–Crippen LogP) is 3.48. The second-order valence-corrected chi connectivity index (χ2v) is 5.80. The van der Waals surface area contributed by atoms with Crippen LogP contribution < -0.4 is 10.3 Å². The summed E-state index contributed by atoms with van der Waals surface area (Å²) in [5, 5.41) is 1.58. The Morgan fingerprint density at radius 2 is 1.91 bits per heavy atom. The molecule has 4 heteroatoms. The van der Waals surface area contributed by atoms with Gasteiger partial charge >= 0.3 is 0 Å². The Labute approximate surface area is 135 Å². The fourth-order valence-electron chi connectivity index (χ4n) is 2.74. The molecule has 4 nitrogen and oxygen atoms in total. The molecule has 2 aromatic heterocycles. The van der Waals surface area contributed by atoms with E-state index in [2.05, 4.69) is 24.9 Å². The van der Waals surface area contributed by atoms with Crippen molar-refractivity contribution in [3.05, 3.63) is 70.4 Å². The Hall–Kier alpha value is -2.62. The highest BCUT2D eigenvalue weighted by Crippen LogP contribution is 2.16. The van der Waals surface area contributed by atoms with Gasteiger partial charge in [0.25, 0.3) is 5.56 Å². The normalized spacial score (nSPS) is 10.9. The topological polar surface area (TPSA) is 44.1 Å². The maximum absolute atomic E-state index is 12.4. The molecule has 0 N–H and O–H groups in total. The van der Waals surface area contributed by atoms with Gasteiger partial charge in [0, 0.05) is 25.1 Å². The summed E-state index contributed by atoms with van der Waals surface area (Å²) < 4.78 is 7.51. The first kappa shape index (κ1) is 15.3. The molecule has 3 aromatic rings. The van der Waals surface area contributed by atoms with E-state index in [-0.39, 0.29) is 5.56 Å². The number of aromatic nitrogens is 2. The van der Waals surface area contributed by atoms with Crippen molar-refractivity contribution in [3.63, 3.8) is 0 Å². The number of rotatable bonds is 5. The molecular weight excluding hydrogens is 288 g/mol. The van der Waals surface area contributed by atoms with Gasteiger partial charge in [0.2, 0.25) is 0 Å². The van der Waals surface area contributed by atoms with E-state index in [1.165, 1.54) is 11.1 Å². The van der Waals surface area contributed by atoms with Gasteiger partial charge in [-0.2, -0.15) is 0 Å². The Morgan fingerprint density at radius 3 is 2.70 bits per heavy atom. The fraction of sp³-hybridized carbons (Fsp3) is 0.263. The second-order valence-electron chi connectivity index (χ2n) is 5.80. The number of nitrogens with zero attached hydrogens (tertiary/aromatic N) is 2. The fourth-order valence-corrected chi connectivity index (χ4v) is 2.74. The van der Waals surface area contributed by atoms with Crippen LogP contribution in [0.1, 0.15) is 17.5 Å². The Morgan fingerprint density at radius 1 is 1.13 bits per heavy atom. The van der Waals surface area contributed by atoms with Crippen LogP contribution in [0.2, 0.25) is 0 Å². The minimum atomic E-state index is 0.00185. The number of hydrogen-bond donors (Lipinski definition) is 0. The van der Waals surface area contributed by atoms with Crippen LogP contribution in [0.5, 0.6) is 5.75 Å². The van der Waals surface area contributed by atoms with Crippen molar-refractivity contribution in [1.82, 2.24) is 9.55 Å². The molecule has 2 heterocycles. The van der Waals surface area contributed by atoms with Gasteiger partial charge in [-0.25, -0.2) is 0 Å². The summed E-state index contributed by atoms with van der Waals surface area (Å²) in [6.07, 6.45) is 5.93. The van der Waals surface area contributed by atoms with Crippen LogP contribution in [0.3, 0.4) is 0 Å². The average Bonchev–Trinajstić information content (AvgIpc) is 2.53. The van der Waals surface area contributed by atoms with Crippen molar-refractivity contribution < 1.29 is 4.74 Å². The van der Waals surface area contributed by atoms with Gasteiger partial charge < -0.3 is 9.30 Å². The number of fused-ring (bicyclic) bond motifs is 1. The largest absolute Gasteiger partial charge is 0.494 e. The molecule has 0 spiro atoms. The summed E-state index contributed by atoms with van der Waals surface area (Å²) in [6, 6.07) is 9.98. The smallest absolute Gasteiger partial charge is 0.259 e. The monoisotopic (exact) mass is 308 g/mol. The molecule has 0 fully saturated rings. The SMILES string of the molecule is Cc1cc(C)cc(OCCCn2ccc3ccncc3c2=O)c1. The summed E-state index contributed by atoms with van der Waals surface area (Å²) >= 11 is 0. The van der Waals surface area contributed by atoms with E-state index in [1.807, 2.05) is 30.5 Å². The van der Waals surface area contributed by atoms with Crippen molar-refractivity contribution in [2.45, 2.75) is 26.8 Å². The van der Waals surface area contributed by atoms with Crippen LogP contribution in [0.15, 0.2) is 53.7 Å². The molecular formula is C19H20N2O2. The average molecular weight is 308 g/mol. The van der Waals surface area contributed by atoms with Gasteiger partial charge in [0.05, 0.1) is 12.0 Å².